The van der Waals surface area contributed by atoms with Crippen molar-refractivity contribution in [2.75, 3.05) is 6.54 Å². The third-order valence-electron chi connectivity index (χ3n) is 2.43. The van der Waals surface area contributed by atoms with Crippen LogP contribution in [0.25, 0.3) is 0 Å². The van der Waals surface area contributed by atoms with E-state index in [0.717, 1.165) is 9.50 Å². The lowest BCUT2D eigenvalue weighted by Crippen LogP contribution is -2.17. The first-order chi connectivity index (χ1) is 6.56. The summed E-state index contributed by atoms with van der Waals surface area (Å²) in [5.41, 5.74) is 6.99. The molecule has 0 bridgehead atoms. The van der Waals surface area contributed by atoms with Gasteiger partial charge in [0.25, 0.3) is 0 Å². The topological polar surface area (TPSA) is 26.0 Å². The molecule has 14 heavy (non-hydrogen) atoms. The Morgan fingerprint density at radius 3 is 2.50 bits per heavy atom. The predicted octanol–water partition coefficient (Wildman–Crippen LogP) is 3.80. The second-order valence-electron chi connectivity index (χ2n) is 3.76. The van der Waals surface area contributed by atoms with Gasteiger partial charge >= 0.3 is 0 Å². The van der Waals surface area contributed by atoms with E-state index >= 15 is 0 Å². The van der Waals surface area contributed by atoms with Crippen LogP contribution in [0.3, 0.4) is 0 Å². The Balaban J connectivity index is 3.00. The molecule has 1 aromatic carbocycles. The molecule has 1 rings (SSSR count). The van der Waals surface area contributed by atoms with Crippen molar-refractivity contribution >= 4 is 27.5 Å². The van der Waals surface area contributed by atoms with Crippen LogP contribution in [0.2, 0.25) is 5.02 Å². The van der Waals surface area contributed by atoms with Crippen molar-refractivity contribution in [3.63, 3.8) is 0 Å². The summed E-state index contributed by atoms with van der Waals surface area (Å²) in [6.07, 6.45) is 0. The average molecular weight is 277 g/mol. The maximum Gasteiger partial charge on any atom is 0.0548 e. The maximum atomic E-state index is 5.93. The molecule has 0 fully saturated rings. The van der Waals surface area contributed by atoms with Gasteiger partial charge in [-0.25, -0.2) is 0 Å². The summed E-state index contributed by atoms with van der Waals surface area (Å²) >= 11 is 9.35. The van der Waals surface area contributed by atoms with Crippen LogP contribution in [-0.2, 0) is 0 Å². The van der Waals surface area contributed by atoms with Gasteiger partial charge in [-0.15, -0.1) is 0 Å². The van der Waals surface area contributed by atoms with Crippen LogP contribution in [-0.4, -0.2) is 6.54 Å². The fourth-order valence-corrected chi connectivity index (χ4v) is 2.05. The van der Waals surface area contributed by atoms with Gasteiger partial charge in [-0.2, -0.15) is 0 Å². The van der Waals surface area contributed by atoms with Crippen molar-refractivity contribution < 1.29 is 0 Å². The molecule has 0 aromatic heterocycles. The second-order valence-corrected chi connectivity index (χ2v) is 5.02. The normalized spacial score (nSPS) is 13.3. The molecule has 1 aromatic rings. The van der Waals surface area contributed by atoms with E-state index in [1.54, 1.807) is 0 Å². The number of halogens is 2. The van der Waals surface area contributed by atoms with E-state index in [-0.39, 0.29) is 0 Å². The van der Waals surface area contributed by atoms with Crippen LogP contribution in [0, 0.1) is 5.92 Å². The monoisotopic (exact) mass is 275 g/mol. The van der Waals surface area contributed by atoms with Gasteiger partial charge in [0.2, 0.25) is 0 Å². The first-order valence-corrected chi connectivity index (χ1v) is 5.88. The Bertz CT molecular complexity index is 312. The molecule has 2 N–H and O–H groups in total. The first-order valence-electron chi connectivity index (χ1n) is 4.71. The zero-order chi connectivity index (χ0) is 10.7. The third kappa shape index (κ3) is 2.72. The summed E-state index contributed by atoms with van der Waals surface area (Å²) in [5, 5.41) is 0.744. The fourth-order valence-electron chi connectivity index (χ4n) is 1.54. The molecule has 3 heteroatoms. The van der Waals surface area contributed by atoms with Crippen molar-refractivity contribution in [2.45, 2.75) is 19.8 Å². The summed E-state index contributed by atoms with van der Waals surface area (Å²) in [6, 6.07) is 6.01. The number of rotatable bonds is 3. The lowest BCUT2D eigenvalue weighted by atomic mass is 9.89. The highest BCUT2D eigenvalue weighted by atomic mass is 79.9. The summed E-state index contributed by atoms with van der Waals surface area (Å²) in [4.78, 5) is 0. The maximum absolute atomic E-state index is 5.93. The lowest BCUT2D eigenvalue weighted by molar-refractivity contribution is 0.506. The van der Waals surface area contributed by atoms with Crippen molar-refractivity contribution in [3.8, 4) is 0 Å². The highest BCUT2D eigenvalue weighted by Crippen LogP contribution is 2.29. The minimum absolute atomic E-state index is 0.406. The molecule has 0 radical (unpaired) electrons. The second kappa shape index (κ2) is 5.15. The van der Waals surface area contributed by atoms with E-state index in [4.69, 9.17) is 17.3 Å². The summed E-state index contributed by atoms with van der Waals surface area (Å²) in [6.45, 7) is 5.03. The third-order valence-corrected chi connectivity index (χ3v) is 3.64. The molecule has 0 aliphatic heterocycles. The fraction of sp³-hybridized carbons (Fsp3) is 0.455. The smallest absolute Gasteiger partial charge is 0.0548 e. The molecule has 78 valence electrons. The number of hydrogen-bond acceptors (Lipinski definition) is 1. The van der Waals surface area contributed by atoms with Crippen LogP contribution >= 0.6 is 27.5 Å². The summed E-state index contributed by atoms with van der Waals surface area (Å²) in [7, 11) is 0. The molecule has 1 unspecified atom stereocenters. The van der Waals surface area contributed by atoms with Crippen LogP contribution in [0.4, 0.5) is 0 Å². The van der Waals surface area contributed by atoms with Gasteiger partial charge in [-0.05, 0) is 52.0 Å². The number of benzene rings is 1. The molecule has 0 aliphatic rings. The molecule has 0 aliphatic carbocycles. The molecule has 0 heterocycles. The van der Waals surface area contributed by atoms with Gasteiger partial charge in [0, 0.05) is 4.47 Å². The van der Waals surface area contributed by atoms with E-state index in [1.807, 2.05) is 12.1 Å². The van der Waals surface area contributed by atoms with E-state index in [9.17, 15) is 0 Å². The van der Waals surface area contributed by atoms with Gasteiger partial charge in [0.05, 0.1) is 5.02 Å². The van der Waals surface area contributed by atoms with E-state index < -0.39 is 0 Å². The molecule has 1 nitrogen and oxygen atoms in total. The molecule has 0 saturated carbocycles. The predicted molar refractivity (Wildman–Crippen MR) is 65.8 cm³/mol. The lowest BCUT2D eigenvalue weighted by Gasteiger charge is -2.19. The van der Waals surface area contributed by atoms with Crippen molar-refractivity contribution in [1.82, 2.24) is 0 Å². The van der Waals surface area contributed by atoms with Gasteiger partial charge < -0.3 is 5.73 Å². The molecule has 0 saturated heterocycles. The minimum atomic E-state index is 0.406. The van der Waals surface area contributed by atoms with Crippen LogP contribution in [0.15, 0.2) is 22.7 Å². The Morgan fingerprint density at radius 2 is 2.07 bits per heavy atom. The minimum Gasteiger partial charge on any atom is -0.330 e. The molecular weight excluding hydrogens is 261 g/mol. The molecule has 0 spiro atoms. The van der Waals surface area contributed by atoms with Gasteiger partial charge in [-0.1, -0.05) is 31.5 Å². The van der Waals surface area contributed by atoms with Crippen molar-refractivity contribution in [2.24, 2.45) is 11.7 Å². The highest BCUT2D eigenvalue weighted by Gasteiger charge is 2.14. The molecular formula is C11H15BrClN. The number of nitrogens with two attached hydrogens (primary N) is 1. The van der Waals surface area contributed by atoms with Crippen molar-refractivity contribution in [1.29, 1.82) is 0 Å². The first kappa shape index (κ1) is 12.0. The summed E-state index contributed by atoms with van der Waals surface area (Å²) < 4.78 is 0.941. The quantitative estimate of drug-likeness (QED) is 0.893. The Morgan fingerprint density at radius 1 is 1.43 bits per heavy atom. The summed E-state index contributed by atoms with van der Waals surface area (Å²) in [5.74, 6) is 0.955. The SMILES string of the molecule is CC(C)C(CN)c1ccc(Cl)c(Br)c1. The Kier molecular flexibility index (Phi) is 4.42. The van der Waals surface area contributed by atoms with Crippen LogP contribution in [0.1, 0.15) is 25.3 Å². The van der Waals surface area contributed by atoms with Crippen LogP contribution < -0.4 is 5.73 Å². The zero-order valence-electron chi connectivity index (χ0n) is 8.43. The molecule has 1 atom stereocenters. The largest absolute Gasteiger partial charge is 0.330 e. The van der Waals surface area contributed by atoms with Gasteiger partial charge in [0.1, 0.15) is 0 Å². The van der Waals surface area contributed by atoms with Crippen molar-refractivity contribution in [3.05, 3.63) is 33.3 Å². The average Bonchev–Trinajstić information content (AvgIpc) is 2.11. The van der Waals surface area contributed by atoms with Gasteiger partial charge in [0.15, 0.2) is 0 Å². The highest BCUT2D eigenvalue weighted by molar-refractivity contribution is 9.10. The van der Waals surface area contributed by atoms with E-state index in [2.05, 4.69) is 35.8 Å². The Labute approximate surface area is 98.8 Å². The standard InChI is InChI=1S/C11H15BrClN/c1-7(2)9(6-14)8-3-4-11(13)10(12)5-8/h3-5,7,9H,6,14H2,1-2H3. The van der Waals surface area contributed by atoms with E-state index in [1.165, 1.54) is 5.56 Å². The Hall–Kier alpha value is -0.0500. The van der Waals surface area contributed by atoms with Gasteiger partial charge in [-0.3, -0.25) is 0 Å². The molecule has 0 amide bonds. The van der Waals surface area contributed by atoms with Crippen LogP contribution in [0.5, 0.6) is 0 Å². The number of hydrogen-bond donors (Lipinski definition) is 1. The van der Waals surface area contributed by atoms with E-state index in [0.29, 0.717) is 18.4 Å². The zero-order valence-corrected chi connectivity index (χ0v) is 10.8.